The highest BCUT2D eigenvalue weighted by Gasteiger charge is 2.30. The molecule has 0 bridgehead atoms. The molecular formula is C16H12ClF3N2O2. The van der Waals surface area contributed by atoms with E-state index in [0.717, 1.165) is 17.7 Å². The van der Waals surface area contributed by atoms with Gasteiger partial charge >= 0.3 is 12.1 Å². The Kier molecular flexibility index (Phi) is 5.81. The molecule has 0 heterocycles. The number of hydrogen-bond donors (Lipinski definition) is 1. The lowest BCUT2D eigenvalue weighted by atomic mass is 10.2. The number of nitrogens with zero attached hydrogens (tertiary/aromatic N) is 1. The van der Waals surface area contributed by atoms with Crippen LogP contribution in [0.5, 0.6) is 0 Å². The van der Waals surface area contributed by atoms with E-state index < -0.39 is 22.9 Å². The predicted molar refractivity (Wildman–Crippen MR) is 84.6 cm³/mol. The van der Waals surface area contributed by atoms with Crippen molar-refractivity contribution in [3.63, 3.8) is 0 Å². The van der Waals surface area contributed by atoms with E-state index in [9.17, 15) is 18.0 Å². The Labute approximate surface area is 140 Å². The number of halogens is 4. The molecule has 2 rings (SSSR count). The molecule has 1 N–H and O–H groups in total. The minimum Gasteiger partial charge on any atom is -0.455 e. The maximum atomic E-state index is 12.6. The zero-order valence-electron chi connectivity index (χ0n) is 12.2. The Morgan fingerprint density at radius 3 is 2.50 bits per heavy atom. The first-order valence-corrected chi connectivity index (χ1v) is 7.11. The number of anilines is 1. The summed E-state index contributed by atoms with van der Waals surface area (Å²) < 4.78 is 42.7. The molecule has 4 nitrogen and oxygen atoms in total. The smallest absolute Gasteiger partial charge is 0.416 e. The lowest BCUT2D eigenvalue weighted by molar-refractivity contribution is -0.138. The molecule has 0 spiro atoms. The number of esters is 1. The van der Waals surface area contributed by atoms with E-state index in [-0.39, 0.29) is 12.3 Å². The number of hydrazone groups is 1. The van der Waals surface area contributed by atoms with Gasteiger partial charge in [0.15, 0.2) is 0 Å². The van der Waals surface area contributed by atoms with Crippen LogP contribution < -0.4 is 5.43 Å². The first-order chi connectivity index (χ1) is 11.4. The van der Waals surface area contributed by atoms with E-state index in [1.807, 2.05) is 6.07 Å². The van der Waals surface area contributed by atoms with Crippen LogP contribution in [-0.4, -0.2) is 11.1 Å². The summed E-state index contributed by atoms with van der Waals surface area (Å²) in [5.74, 6) is -0.889. The van der Waals surface area contributed by atoms with Crippen LogP contribution >= 0.6 is 11.6 Å². The summed E-state index contributed by atoms with van der Waals surface area (Å²) in [6, 6.07) is 13.3. The highest BCUT2D eigenvalue weighted by atomic mass is 35.5. The molecule has 0 amide bonds. The standard InChI is InChI=1S/C16H12ClF3N2O2/c17-14(15(23)24-10-11-5-2-1-3-6-11)22-21-13-8-4-7-12(9-13)16(18,19)20/h1-9,21H,10H2/b22-14+. The molecule has 0 aliphatic carbocycles. The van der Waals surface area contributed by atoms with Crippen molar-refractivity contribution in [2.24, 2.45) is 5.10 Å². The Bertz CT molecular complexity index is 734. The second-order valence-electron chi connectivity index (χ2n) is 4.65. The second-order valence-corrected chi connectivity index (χ2v) is 5.01. The predicted octanol–water partition coefficient (Wildman–Crippen LogP) is 4.41. The number of carbonyl (C=O) groups is 1. The molecule has 0 saturated heterocycles. The lowest BCUT2D eigenvalue weighted by Crippen LogP contribution is -2.14. The SMILES string of the molecule is O=C(OCc1ccccc1)/C(Cl)=N\Nc1cccc(C(F)(F)F)c1. The summed E-state index contributed by atoms with van der Waals surface area (Å²) in [4.78, 5) is 11.7. The lowest BCUT2D eigenvalue weighted by Gasteiger charge is -2.08. The molecule has 0 radical (unpaired) electrons. The molecule has 0 aliphatic rings. The van der Waals surface area contributed by atoms with Crippen LogP contribution in [0, 0.1) is 0 Å². The molecule has 126 valence electrons. The van der Waals surface area contributed by atoms with Gasteiger partial charge in [-0.1, -0.05) is 48.0 Å². The summed E-state index contributed by atoms with van der Waals surface area (Å²) in [7, 11) is 0. The van der Waals surface area contributed by atoms with Crippen LogP contribution in [-0.2, 0) is 22.3 Å². The topological polar surface area (TPSA) is 50.7 Å². The van der Waals surface area contributed by atoms with Crippen molar-refractivity contribution in [2.45, 2.75) is 12.8 Å². The minimum atomic E-state index is -4.47. The van der Waals surface area contributed by atoms with E-state index in [4.69, 9.17) is 16.3 Å². The summed E-state index contributed by atoms with van der Waals surface area (Å²) in [5.41, 5.74) is 2.25. The Hall–Kier alpha value is -2.54. The minimum absolute atomic E-state index is 0.00890. The number of rotatable bonds is 5. The zero-order valence-corrected chi connectivity index (χ0v) is 12.9. The maximum absolute atomic E-state index is 12.6. The molecule has 0 unspecified atom stereocenters. The molecule has 8 heteroatoms. The van der Waals surface area contributed by atoms with Crippen molar-refractivity contribution < 1.29 is 22.7 Å². The molecule has 0 atom stereocenters. The van der Waals surface area contributed by atoms with Crippen molar-refractivity contribution in [3.05, 3.63) is 65.7 Å². The van der Waals surface area contributed by atoms with Gasteiger partial charge in [-0.25, -0.2) is 4.79 Å². The summed E-state index contributed by atoms with van der Waals surface area (Å²) >= 11 is 5.67. The Morgan fingerprint density at radius 1 is 1.12 bits per heavy atom. The number of alkyl halides is 3. The number of ether oxygens (including phenoxy) is 1. The molecule has 0 fully saturated rings. The van der Waals surface area contributed by atoms with E-state index in [2.05, 4.69) is 10.5 Å². The third-order valence-corrected chi connectivity index (χ3v) is 3.09. The average molecular weight is 357 g/mol. The number of carbonyl (C=O) groups excluding carboxylic acids is 1. The van der Waals surface area contributed by atoms with Crippen LogP contribution in [0.4, 0.5) is 18.9 Å². The van der Waals surface area contributed by atoms with Gasteiger partial charge in [-0.15, -0.1) is 0 Å². The fourth-order valence-corrected chi connectivity index (χ4v) is 1.80. The maximum Gasteiger partial charge on any atom is 0.416 e. The van der Waals surface area contributed by atoms with Gasteiger partial charge in [0.05, 0.1) is 11.3 Å². The van der Waals surface area contributed by atoms with Gasteiger partial charge in [0.2, 0.25) is 5.17 Å². The number of hydrogen-bond acceptors (Lipinski definition) is 4. The largest absolute Gasteiger partial charge is 0.455 e. The van der Waals surface area contributed by atoms with E-state index >= 15 is 0 Å². The van der Waals surface area contributed by atoms with Crippen LogP contribution in [0.1, 0.15) is 11.1 Å². The third-order valence-electron chi connectivity index (χ3n) is 2.85. The molecule has 0 saturated carbocycles. The fourth-order valence-electron chi connectivity index (χ4n) is 1.71. The molecule has 0 aromatic heterocycles. The van der Waals surface area contributed by atoms with Crippen molar-refractivity contribution >= 4 is 28.4 Å². The van der Waals surface area contributed by atoms with Crippen LogP contribution in [0.15, 0.2) is 59.7 Å². The van der Waals surface area contributed by atoms with Gasteiger partial charge in [-0.05, 0) is 23.8 Å². The van der Waals surface area contributed by atoms with Crippen molar-refractivity contribution in [3.8, 4) is 0 Å². The van der Waals surface area contributed by atoms with Crippen LogP contribution in [0.2, 0.25) is 0 Å². The van der Waals surface area contributed by atoms with E-state index in [1.165, 1.54) is 12.1 Å². The van der Waals surface area contributed by atoms with Gasteiger partial charge < -0.3 is 4.74 Å². The van der Waals surface area contributed by atoms with Gasteiger partial charge in [-0.2, -0.15) is 18.3 Å². The van der Waals surface area contributed by atoms with E-state index in [0.29, 0.717) is 0 Å². The average Bonchev–Trinajstić information content (AvgIpc) is 2.58. The third kappa shape index (κ3) is 5.27. The monoisotopic (exact) mass is 356 g/mol. The van der Waals surface area contributed by atoms with Crippen LogP contribution in [0.3, 0.4) is 0 Å². The molecule has 2 aromatic carbocycles. The van der Waals surface area contributed by atoms with Crippen molar-refractivity contribution in [2.75, 3.05) is 5.43 Å². The quantitative estimate of drug-likeness (QED) is 0.490. The van der Waals surface area contributed by atoms with Crippen molar-refractivity contribution in [1.82, 2.24) is 0 Å². The first-order valence-electron chi connectivity index (χ1n) is 6.74. The Balaban J connectivity index is 1.94. The summed E-state index contributed by atoms with van der Waals surface area (Å²) in [6.07, 6.45) is -4.47. The van der Waals surface area contributed by atoms with Gasteiger partial charge in [0.25, 0.3) is 0 Å². The highest BCUT2D eigenvalue weighted by Crippen LogP contribution is 2.30. The summed E-state index contributed by atoms with van der Waals surface area (Å²) in [5, 5.41) is 3.00. The number of benzene rings is 2. The highest BCUT2D eigenvalue weighted by molar-refractivity contribution is 6.82. The van der Waals surface area contributed by atoms with Gasteiger partial charge in [0, 0.05) is 0 Å². The molecule has 2 aromatic rings. The molecule has 24 heavy (non-hydrogen) atoms. The normalized spacial score (nSPS) is 11.9. The first kappa shape index (κ1) is 17.8. The molecule has 0 aliphatic heterocycles. The van der Waals surface area contributed by atoms with Gasteiger partial charge in [0.1, 0.15) is 6.61 Å². The zero-order chi connectivity index (χ0) is 17.6. The molecular weight excluding hydrogens is 345 g/mol. The fraction of sp³-hybridized carbons (Fsp3) is 0.125. The Morgan fingerprint density at radius 2 is 1.83 bits per heavy atom. The second kappa shape index (κ2) is 7.83. The van der Waals surface area contributed by atoms with Crippen LogP contribution in [0.25, 0.3) is 0 Å². The van der Waals surface area contributed by atoms with Crippen molar-refractivity contribution in [1.29, 1.82) is 0 Å². The van der Waals surface area contributed by atoms with Gasteiger partial charge in [-0.3, -0.25) is 5.43 Å². The summed E-state index contributed by atoms with van der Waals surface area (Å²) in [6.45, 7) is 0.00890. The van der Waals surface area contributed by atoms with E-state index in [1.54, 1.807) is 24.3 Å². The number of nitrogens with one attached hydrogen (secondary N) is 1.